The van der Waals surface area contributed by atoms with Gasteiger partial charge in [-0.1, -0.05) is 32.4 Å². The zero-order chi connectivity index (χ0) is 21.9. The monoisotopic (exact) mass is 414 g/mol. The lowest BCUT2D eigenvalue weighted by Gasteiger charge is -2.54. The Morgan fingerprint density at radius 1 is 1.17 bits per heavy atom. The number of allylic oxidation sites excluding steroid dienone is 2. The predicted molar refractivity (Wildman–Crippen MR) is 113 cm³/mol. The standard InChI is InChI=1S/C23H28O5.C2H6/c1-13(24)27-12-19(26)18-7-6-16-17-5-4-14-10-15(25)8-9-22(14,3)23(17)20(28-23)11-21(16,18)2;1-2/h8-10,16-18,20H,4-7,11-12H2,1-3H3;1-2H3. The van der Waals surface area contributed by atoms with Gasteiger partial charge in [0.15, 0.2) is 11.6 Å². The molecule has 0 aromatic heterocycles. The second-order valence-electron chi connectivity index (χ2n) is 9.85. The van der Waals surface area contributed by atoms with E-state index in [-0.39, 0.29) is 46.6 Å². The minimum atomic E-state index is -0.403. The van der Waals surface area contributed by atoms with Crippen LogP contribution in [-0.4, -0.2) is 35.8 Å². The van der Waals surface area contributed by atoms with E-state index in [2.05, 4.69) is 19.9 Å². The second-order valence-corrected chi connectivity index (χ2v) is 9.85. The van der Waals surface area contributed by atoms with E-state index in [0.717, 1.165) is 32.1 Å². The van der Waals surface area contributed by atoms with Crippen molar-refractivity contribution in [2.45, 2.75) is 78.4 Å². The normalized spacial score (nSPS) is 45.0. The topological polar surface area (TPSA) is 73.0 Å². The van der Waals surface area contributed by atoms with E-state index in [4.69, 9.17) is 9.47 Å². The van der Waals surface area contributed by atoms with E-state index in [1.54, 1.807) is 6.08 Å². The number of rotatable bonds is 3. The van der Waals surface area contributed by atoms with Crippen molar-refractivity contribution >= 4 is 17.5 Å². The number of epoxide rings is 1. The van der Waals surface area contributed by atoms with Crippen LogP contribution in [0.4, 0.5) is 0 Å². The fourth-order valence-corrected chi connectivity index (χ4v) is 7.45. The number of carbonyl (C=O) groups is 3. The fourth-order valence-electron chi connectivity index (χ4n) is 7.45. The van der Waals surface area contributed by atoms with Gasteiger partial charge in [0.2, 0.25) is 0 Å². The molecule has 1 saturated heterocycles. The average molecular weight is 415 g/mol. The van der Waals surface area contributed by atoms with Crippen molar-refractivity contribution < 1.29 is 23.9 Å². The van der Waals surface area contributed by atoms with E-state index in [9.17, 15) is 14.4 Å². The molecule has 1 heterocycles. The number of esters is 1. The molecule has 4 aliphatic carbocycles. The highest BCUT2D eigenvalue weighted by molar-refractivity contribution is 6.01. The first kappa shape index (κ1) is 21.5. The molecule has 0 radical (unpaired) electrons. The van der Waals surface area contributed by atoms with Crippen molar-refractivity contribution in [1.29, 1.82) is 0 Å². The van der Waals surface area contributed by atoms with Crippen LogP contribution >= 0.6 is 0 Å². The van der Waals surface area contributed by atoms with Crippen molar-refractivity contribution in [3.05, 3.63) is 23.8 Å². The van der Waals surface area contributed by atoms with Crippen LogP contribution in [0.5, 0.6) is 0 Å². The highest BCUT2D eigenvalue weighted by Gasteiger charge is 2.79. The molecule has 5 aliphatic rings. The average Bonchev–Trinajstić information content (AvgIpc) is 3.33. The zero-order valence-corrected chi connectivity index (χ0v) is 18.8. The van der Waals surface area contributed by atoms with Gasteiger partial charge in [0, 0.05) is 18.3 Å². The quantitative estimate of drug-likeness (QED) is 0.511. The zero-order valence-electron chi connectivity index (χ0n) is 18.8. The summed E-state index contributed by atoms with van der Waals surface area (Å²) in [6, 6.07) is 0. The molecule has 3 saturated carbocycles. The van der Waals surface area contributed by atoms with Gasteiger partial charge in [-0.3, -0.25) is 14.4 Å². The van der Waals surface area contributed by atoms with Gasteiger partial charge in [0.25, 0.3) is 0 Å². The van der Waals surface area contributed by atoms with Crippen LogP contribution < -0.4 is 0 Å². The molecule has 5 rings (SSSR count). The van der Waals surface area contributed by atoms with Crippen molar-refractivity contribution in [3.63, 3.8) is 0 Å². The molecule has 0 bridgehead atoms. The Morgan fingerprint density at radius 3 is 2.60 bits per heavy atom. The third kappa shape index (κ3) is 2.73. The fraction of sp³-hybridized carbons (Fsp3) is 0.720. The smallest absolute Gasteiger partial charge is 0.303 e. The summed E-state index contributed by atoms with van der Waals surface area (Å²) in [6.07, 6.45) is 10.4. The molecule has 1 aliphatic heterocycles. The maximum Gasteiger partial charge on any atom is 0.303 e. The highest BCUT2D eigenvalue weighted by atomic mass is 16.6. The van der Waals surface area contributed by atoms with Gasteiger partial charge in [-0.15, -0.1) is 0 Å². The van der Waals surface area contributed by atoms with Gasteiger partial charge in [-0.25, -0.2) is 0 Å². The van der Waals surface area contributed by atoms with E-state index >= 15 is 0 Å². The van der Waals surface area contributed by atoms with E-state index in [0.29, 0.717) is 11.8 Å². The van der Waals surface area contributed by atoms with Crippen LogP contribution in [0.1, 0.15) is 66.7 Å². The summed E-state index contributed by atoms with van der Waals surface area (Å²) in [5, 5.41) is 0. The summed E-state index contributed by atoms with van der Waals surface area (Å²) in [5.74, 6) is 0.507. The lowest BCUT2D eigenvalue weighted by molar-refractivity contribution is -0.148. The van der Waals surface area contributed by atoms with Gasteiger partial charge in [0.1, 0.15) is 12.2 Å². The first-order chi connectivity index (χ1) is 14.2. The molecule has 7 atom stereocenters. The van der Waals surface area contributed by atoms with Crippen LogP contribution in [0, 0.1) is 28.6 Å². The van der Waals surface area contributed by atoms with Gasteiger partial charge in [0.05, 0.1) is 6.10 Å². The van der Waals surface area contributed by atoms with E-state index in [1.165, 1.54) is 12.5 Å². The lowest BCUT2D eigenvalue weighted by atomic mass is 9.47. The first-order valence-electron chi connectivity index (χ1n) is 11.5. The number of hydrogen-bond acceptors (Lipinski definition) is 5. The molecule has 164 valence electrons. The Kier molecular flexibility index (Phi) is 5.12. The number of fused-ring (bicyclic) bond motifs is 3. The number of Topliss-reactive ketones (excluding diaryl/α,β-unsaturated/α-hetero) is 1. The van der Waals surface area contributed by atoms with E-state index in [1.807, 2.05) is 19.9 Å². The van der Waals surface area contributed by atoms with Crippen LogP contribution in [0.2, 0.25) is 0 Å². The predicted octanol–water partition coefficient (Wildman–Crippen LogP) is 4.20. The van der Waals surface area contributed by atoms with Crippen molar-refractivity contribution in [3.8, 4) is 0 Å². The molecule has 0 aromatic carbocycles. The van der Waals surface area contributed by atoms with Crippen molar-refractivity contribution in [2.24, 2.45) is 28.6 Å². The summed E-state index contributed by atoms with van der Waals surface area (Å²) in [7, 11) is 0. The molecular formula is C25H34O5. The van der Waals surface area contributed by atoms with Crippen LogP contribution in [-0.2, 0) is 23.9 Å². The van der Waals surface area contributed by atoms with Crippen LogP contribution in [0.25, 0.3) is 0 Å². The van der Waals surface area contributed by atoms with Crippen molar-refractivity contribution in [2.75, 3.05) is 6.61 Å². The SMILES string of the molecule is CC.CC(=O)OCC(=O)C1CCC2C3CCC4=CC(=O)C=CC4(C)C34OC4CC12C. The Bertz CT molecular complexity index is 840. The van der Waals surface area contributed by atoms with Gasteiger partial charge in [-0.2, -0.15) is 0 Å². The third-order valence-corrected chi connectivity index (χ3v) is 8.74. The molecule has 30 heavy (non-hydrogen) atoms. The highest BCUT2D eigenvalue weighted by Crippen LogP contribution is 2.75. The molecular weight excluding hydrogens is 380 g/mol. The summed E-state index contributed by atoms with van der Waals surface area (Å²) >= 11 is 0. The van der Waals surface area contributed by atoms with Crippen molar-refractivity contribution in [1.82, 2.24) is 0 Å². The molecule has 0 aromatic rings. The van der Waals surface area contributed by atoms with Gasteiger partial charge < -0.3 is 9.47 Å². The maximum atomic E-state index is 12.8. The van der Waals surface area contributed by atoms with Gasteiger partial charge >= 0.3 is 5.97 Å². The van der Waals surface area contributed by atoms with Gasteiger partial charge in [-0.05, 0) is 68.4 Å². The molecule has 5 heteroatoms. The van der Waals surface area contributed by atoms with E-state index < -0.39 is 5.97 Å². The lowest BCUT2D eigenvalue weighted by Crippen LogP contribution is -2.57. The van der Waals surface area contributed by atoms with Crippen LogP contribution in [0.3, 0.4) is 0 Å². The molecule has 0 amide bonds. The molecule has 5 nitrogen and oxygen atoms in total. The first-order valence-corrected chi connectivity index (χ1v) is 11.5. The Morgan fingerprint density at radius 2 is 1.90 bits per heavy atom. The molecule has 0 N–H and O–H groups in total. The molecule has 4 fully saturated rings. The Hall–Kier alpha value is -1.75. The summed E-state index contributed by atoms with van der Waals surface area (Å²) in [5.41, 5.74) is 0.683. The minimum Gasteiger partial charge on any atom is -0.458 e. The molecule has 1 spiro atoms. The number of ketones is 2. The Balaban J connectivity index is 0.00000106. The summed E-state index contributed by atoms with van der Waals surface area (Å²) < 4.78 is 11.5. The Labute approximate surface area is 179 Å². The third-order valence-electron chi connectivity index (χ3n) is 8.74. The molecule has 7 unspecified atom stereocenters. The van der Waals surface area contributed by atoms with Crippen LogP contribution in [0.15, 0.2) is 23.8 Å². The largest absolute Gasteiger partial charge is 0.458 e. The minimum absolute atomic E-state index is 0.0547. The number of ether oxygens (including phenoxy) is 2. The summed E-state index contributed by atoms with van der Waals surface area (Å²) in [6.45, 7) is 9.71. The second kappa shape index (κ2) is 7.15. The number of hydrogen-bond donors (Lipinski definition) is 0. The number of carbonyl (C=O) groups excluding carboxylic acids is 3. The summed E-state index contributed by atoms with van der Waals surface area (Å²) in [4.78, 5) is 35.9. The maximum absolute atomic E-state index is 12.8.